The zero-order valence-corrected chi connectivity index (χ0v) is 11.4. The van der Waals surface area contributed by atoms with Gasteiger partial charge in [-0.1, -0.05) is 6.07 Å². The van der Waals surface area contributed by atoms with Crippen LogP contribution in [0.3, 0.4) is 0 Å². The molecule has 4 heteroatoms. The van der Waals surface area contributed by atoms with E-state index < -0.39 is 0 Å². The topological polar surface area (TPSA) is 26.0 Å². The fourth-order valence-corrected chi connectivity index (χ4v) is 2.47. The van der Waals surface area contributed by atoms with E-state index in [4.69, 9.17) is 5.73 Å². The Balaban J connectivity index is 2.02. The van der Waals surface area contributed by atoms with E-state index >= 15 is 0 Å². The molecular formula is C13H11BrFNS. The predicted molar refractivity (Wildman–Crippen MR) is 74.5 cm³/mol. The molecule has 2 N–H and O–H groups in total. The Labute approximate surface area is 112 Å². The Bertz CT molecular complexity index is 513. The van der Waals surface area contributed by atoms with Gasteiger partial charge in [-0.15, -0.1) is 11.8 Å². The van der Waals surface area contributed by atoms with Crippen LogP contribution in [0.2, 0.25) is 0 Å². The molecule has 17 heavy (non-hydrogen) atoms. The molecule has 0 bridgehead atoms. The van der Waals surface area contributed by atoms with Gasteiger partial charge in [-0.25, -0.2) is 4.39 Å². The monoisotopic (exact) mass is 311 g/mol. The minimum Gasteiger partial charge on any atom is -0.398 e. The van der Waals surface area contributed by atoms with Crippen LogP contribution in [-0.2, 0) is 5.75 Å². The van der Waals surface area contributed by atoms with Crippen molar-refractivity contribution < 1.29 is 4.39 Å². The van der Waals surface area contributed by atoms with Crippen molar-refractivity contribution >= 4 is 33.4 Å². The van der Waals surface area contributed by atoms with Gasteiger partial charge in [-0.05, 0) is 57.9 Å². The van der Waals surface area contributed by atoms with E-state index in [1.807, 2.05) is 18.2 Å². The SMILES string of the molecule is Nc1cc(CSc2ccc(F)cc2)ccc1Br. The summed E-state index contributed by atoms with van der Waals surface area (Å²) >= 11 is 5.02. The van der Waals surface area contributed by atoms with Crippen LogP contribution in [0, 0.1) is 5.82 Å². The summed E-state index contributed by atoms with van der Waals surface area (Å²) in [5, 5.41) is 0. The molecule has 2 aromatic rings. The Morgan fingerprint density at radius 2 is 1.82 bits per heavy atom. The number of hydrogen-bond acceptors (Lipinski definition) is 2. The van der Waals surface area contributed by atoms with Crippen LogP contribution in [0.5, 0.6) is 0 Å². The smallest absolute Gasteiger partial charge is 0.123 e. The number of thioether (sulfide) groups is 1. The van der Waals surface area contributed by atoms with Gasteiger partial charge in [-0.2, -0.15) is 0 Å². The summed E-state index contributed by atoms with van der Waals surface area (Å²) in [6, 6.07) is 12.4. The van der Waals surface area contributed by atoms with Gasteiger partial charge in [0.25, 0.3) is 0 Å². The van der Waals surface area contributed by atoms with Gasteiger partial charge >= 0.3 is 0 Å². The van der Waals surface area contributed by atoms with Crippen LogP contribution in [0.15, 0.2) is 51.8 Å². The second kappa shape index (κ2) is 5.56. The fourth-order valence-electron chi connectivity index (χ4n) is 1.38. The van der Waals surface area contributed by atoms with Crippen LogP contribution in [-0.4, -0.2) is 0 Å². The number of hydrogen-bond donors (Lipinski definition) is 1. The van der Waals surface area contributed by atoms with E-state index in [1.54, 1.807) is 23.9 Å². The quantitative estimate of drug-likeness (QED) is 0.669. The predicted octanol–water partition coefficient (Wildman–Crippen LogP) is 4.46. The first-order chi connectivity index (χ1) is 8.15. The lowest BCUT2D eigenvalue weighted by atomic mass is 10.2. The van der Waals surface area contributed by atoms with Gasteiger partial charge in [0.15, 0.2) is 0 Å². The number of rotatable bonds is 3. The van der Waals surface area contributed by atoms with E-state index in [2.05, 4.69) is 15.9 Å². The van der Waals surface area contributed by atoms with Crippen molar-refractivity contribution in [3.05, 3.63) is 58.3 Å². The summed E-state index contributed by atoms with van der Waals surface area (Å²) in [4.78, 5) is 1.05. The van der Waals surface area contributed by atoms with Gasteiger partial charge in [0.05, 0.1) is 0 Å². The summed E-state index contributed by atoms with van der Waals surface area (Å²) < 4.78 is 13.6. The zero-order chi connectivity index (χ0) is 12.3. The first kappa shape index (κ1) is 12.5. The van der Waals surface area contributed by atoms with Gasteiger partial charge in [0.2, 0.25) is 0 Å². The Morgan fingerprint density at radius 3 is 2.47 bits per heavy atom. The first-order valence-electron chi connectivity index (χ1n) is 5.07. The molecule has 0 heterocycles. The van der Waals surface area contributed by atoms with Gasteiger partial charge in [0, 0.05) is 20.8 Å². The molecule has 2 aromatic carbocycles. The molecule has 0 aliphatic rings. The third-order valence-corrected chi connectivity index (χ3v) is 4.08. The van der Waals surface area contributed by atoms with Crippen molar-refractivity contribution in [2.75, 3.05) is 5.73 Å². The molecule has 0 amide bonds. The van der Waals surface area contributed by atoms with Gasteiger partial charge in [-0.3, -0.25) is 0 Å². The Morgan fingerprint density at radius 1 is 1.12 bits per heavy atom. The molecule has 0 aromatic heterocycles. The molecule has 1 nitrogen and oxygen atoms in total. The lowest BCUT2D eigenvalue weighted by molar-refractivity contribution is 0.626. The summed E-state index contributed by atoms with van der Waals surface area (Å²) in [7, 11) is 0. The largest absolute Gasteiger partial charge is 0.398 e. The normalized spacial score (nSPS) is 10.5. The minimum absolute atomic E-state index is 0.206. The molecule has 0 fully saturated rings. The average molecular weight is 312 g/mol. The van der Waals surface area contributed by atoms with Crippen LogP contribution in [0.25, 0.3) is 0 Å². The zero-order valence-electron chi connectivity index (χ0n) is 8.99. The standard InChI is InChI=1S/C13H11BrFNS/c14-12-6-1-9(7-13(12)16)8-17-11-4-2-10(15)3-5-11/h1-7H,8,16H2. The molecule has 0 aliphatic carbocycles. The minimum atomic E-state index is -0.206. The number of halogens is 2. The van der Waals surface area contributed by atoms with Crippen molar-refractivity contribution in [3.8, 4) is 0 Å². The van der Waals surface area contributed by atoms with Crippen LogP contribution < -0.4 is 5.73 Å². The Hall–Kier alpha value is -1.00. The molecular weight excluding hydrogens is 301 g/mol. The van der Waals surface area contributed by atoms with E-state index in [9.17, 15) is 4.39 Å². The molecule has 0 atom stereocenters. The summed E-state index contributed by atoms with van der Waals surface area (Å²) in [5.74, 6) is 0.616. The van der Waals surface area contributed by atoms with Crippen LogP contribution in [0.4, 0.5) is 10.1 Å². The number of nitrogens with two attached hydrogens (primary N) is 1. The maximum absolute atomic E-state index is 12.7. The number of nitrogen functional groups attached to an aromatic ring is 1. The van der Waals surface area contributed by atoms with Gasteiger partial charge in [0.1, 0.15) is 5.82 Å². The second-order valence-corrected chi connectivity index (χ2v) is 5.50. The van der Waals surface area contributed by atoms with E-state index in [-0.39, 0.29) is 5.82 Å². The van der Waals surface area contributed by atoms with E-state index in [1.165, 1.54) is 12.1 Å². The highest BCUT2D eigenvalue weighted by Gasteiger charge is 2.00. The molecule has 88 valence electrons. The highest BCUT2D eigenvalue weighted by molar-refractivity contribution is 9.10. The van der Waals surface area contributed by atoms with Crippen molar-refractivity contribution in [2.24, 2.45) is 0 Å². The van der Waals surface area contributed by atoms with E-state index in [0.29, 0.717) is 0 Å². The molecule has 0 spiro atoms. The molecule has 2 rings (SSSR count). The average Bonchev–Trinajstić information content (AvgIpc) is 2.33. The van der Waals surface area contributed by atoms with Crippen molar-refractivity contribution in [2.45, 2.75) is 10.6 Å². The molecule has 0 aliphatic heterocycles. The Kier molecular flexibility index (Phi) is 4.07. The molecule has 0 radical (unpaired) electrons. The van der Waals surface area contributed by atoms with Crippen LogP contribution >= 0.6 is 27.7 Å². The number of anilines is 1. The van der Waals surface area contributed by atoms with Crippen LogP contribution in [0.1, 0.15) is 5.56 Å². The highest BCUT2D eigenvalue weighted by Crippen LogP contribution is 2.26. The third kappa shape index (κ3) is 3.48. The lowest BCUT2D eigenvalue weighted by Gasteiger charge is -2.04. The summed E-state index contributed by atoms with van der Waals surface area (Å²) in [6.45, 7) is 0. The van der Waals surface area contributed by atoms with Crippen molar-refractivity contribution in [1.29, 1.82) is 0 Å². The third-order valence-electron chi connectivity index (χ3n) is 2.28. The second-order valence-electron chi connectivity index (χ2n) is 3.60. The summed E-state index contributed by atoms with van der Waals surface area (Å²) in [6.07, 6.45) is 0. The molecule has 0 saturated carbocycles. The highest BCUT2D eigenvalue weighted by atomic mass is 79.9. The van der Waals surface area contributed by atoms with Crippen molar-refractivity contribution in [1.82, 2.24) is 0 Å². The lowest BCUT2D eigenvalue weighted by Crippen LogP contribution is -1.89. The number of benzene rings is 2. The van der Waals surface area contributed by atoms with E-state index in [0.717, 1.165) is 26.4 Å². The molecule has 0 unspecified atom stereocenters. The van der Waals surface area contributed by atoms with Crippen molar-refractivity contribution in [3.63, 3.8) is 0 Å². The fraction of sp³-hybridized carbons (Fsp3) is 0.0769. The maximum Gasteiger partial charge on any atom is 0.123 e. The molecule has 0 saturated heterocycles. The maximum atomic E-state index is 12.7. The first-order valence-corrected chi connectivity index (χ1v) is 6.85. The van der Waals surface area contributed by atoms with Gasteiger partial charge < -0.3 is 5.73 Å². The summed E-state index contributed by atoms with van der Waals surface area (Å²) in [5.41, 5.74) is 7.69.